The van der Waals surface area contributed by atoms with Crippen LogP contribution in [0.5, 0.6) is 5.75 Å². The third-order valence-electron chi connectivity index (χ3n) is 6.17. The normalized spacial score (nSPS) is 22.6. The van der Waals surface area contributed by atoms with E-state index in [1.165, 1.54) is 23.5 Å². The minimum atomic E-state index is -2.99. The van der Waals surface area contributed by atoms with E-state index in [9.17, 15) is 18.4 Å². The molecule has 0 bridgehead atoms. The number of aromatic nitrogens is 2. The molecule has 1 fully saturated rings. The lowest BCUT2D eigenvalue weighted by atomic mass is 9.79. The number of carbonyl (C=O) groups is 2. The van der Waals surface area contributed by atoms with Gasteiger partial charge >= 0.3 is 6.61 Å². The van der Waals surface area contributed by atoms with Crippen molar-refractivity contribution in [2.75, 3.05) is 18.5 Å². The van der Waals surface area contributed by atoms with Gasteiger partial charge in [0.05, 0.1) is 25.5 Å². The number of amidine groups is 1. The van der Waals surface area contributed by atoms with Gasteiger partial charge in [0.15, 0.2) is 0 Å². The first-order valence-electron chi connectivity index (χ1n) is 11.7. The number of nitrogens with zero attached hydrogens (tertiary/aromatic N) is 3. The lowest BCUT2D eigenvalue weighted by molar-refractivity contribution is -0.0739. The van der Waals surface area contributed by atoms with E-state index in [2.05, 4.69) is 25.3 Å². The number of ether oxygens (including phenoxy) is 3. The Morgan fingerprint density at radius 3 is 2.71 bits per heavy atom. The van der Waals surface area contributed by atoms with Crippen LogP contribution in [-0.2, 0) is 15.0 Å². The number of halogens is 2. The van der Waals surface area contributed by atoms with Crippen LogP contribution in [0.2, 0.25) is 0 Å². The molecule has 0 aliphatic carbocycles. The van der Waals surface area contributed by atoms with E-state index in [-0.39, 0.29) is 47.8 Å². The van der Waals surface area contributed by atoms with Gasteiger partial charge in [-0.25, -0.2) is 15.0 Å². The number of aliphatic imine (C=N–C) groups is 1. The standard InChI is InChI=1S/C25H23F2N5O5S/c1-14-9-16-11-35-24(31-20(33)15-5-3-2-4-6-15)32-25(16,13-36-14)22-30-19(12-38-22)29-21(34)18-8-7-17(10-28-18)37-23(26)27/h2-8,10,12,14,16,23H,9,11,13H2,1H3,(H,29,34)(H,31,32,33)/t14-,16-,25-/m0/s1. The molecule has 0 spiro atoms. The molecule has 0 saturated carbocycles. The Bertz CT molecular complexity index is 1340. The van der Waals surface area contributed by atoms with Gasteiger partial charge in [0.2, 0.25) is 0 Å². The van der Waals surface area contributed by atoms with Crippen LogP contribution in [0.3, 0.4) is 0 Å². The molecule has 2 amide bonds. The fourth-order valence-electron chi connectivity index (χ4n) is 4.28. The van der Waals surface area contributed by atoms with Crippen LogP contribution in [0.4, 0.5) is 14.6 Å². The number of amides is 2. The summed E-state index contributed by atoms with van der Waals surface area (Å²) in [5.41, 5.74) is -0.448. The summed E-state index contributed by atoms with van der Waals surface area (Å²) in [7, 11) is 0. The molecule has 5 rings (SSSR count). The highest BCUT2D eigenvalue weighted by atomic mass is 32.1. The SMILES string of the molecule is C[C@H]1C[C@H]2COC(NC(=O)c3ccccc3)=N[C@@]2(c2nc(NC(=O)c3ccc(OC(F)F)cn3)cs2)CO1. The van der Waals surface area contributed by atoms with Crippen molar-refractivity contribution in [1.29, 1.82) is 0 Å². The molecule has 0 unspecified atom stereocenters. The van der Waals surface area contributed by atoms with Crippen LogP contribution in [-0.4, -0.2) is 53.7 Å². The third-order valence-corrected chi connectivity index (χ3v) is 7.18. The summed E-state index contributed by atoms with van der Waals surface area (Å²) in [5.74, 6) is -0.876. The number of rotatable bonds is 6. The van der Waals surface area contributed by atoms with Gasteiger partial charge in [-0.15, -0.1) is 11.3 Å². The first kappa shape index (κ1) is 25.7. The molecule has 2 aliphatic heterocycles. The maximum atomic E-state index is 12.7. The smallest absolute Gasteiger partial charge is 0.387 e. The summed E-state index contributed by atoms with van der Waals surface area (Å²) in [6.07, 6.45) is 1.70. The predicted octanol–water partition coefficient (Wildman–Crippen LogP) is 3.83. The van der Waals surface area contributed by atoms with Crippen molar-refractivity contribution >= 4 is 35.0 Å². The predicted molar refractivity (Wildman–Crippen MR) is 133 cm³/mol. The van der Waals surface area contributed by atoms with Crippen molar-refractivity contribution in [3.63, 3.8) is 0 Å². The number of hydrogen-bond donors (Lipinski definition) is 2. The van der Waals surface area contributed by atoms with Crippen molar-refractivity contribution in [3.05, 3.63) is 70.3 Å². The summed E-state index contributed by atoms with van der Waals surface area (Å²) in [5, 5.41) is 7.64. The highest BCUT2D eigenvalue weighted by molar-refractivity contribution is 7.10. The van der Waals surface area contributed by atoms with Crippen LogP contribution in [0.25, 0.3) is 0 Å². The first-order chi connectivity index (χ1) is 18.3. The number of pyridine rings is 1. The Morgan fingerprint density at radius 2 is 1.97 bits per heavy atom. The number of anilines is 1. The summed E-state index contributed by atoms with van der Waals surface area (Å²) in [6.45, 7) is -0.487. The lowest BCUT2D eigenvalue weighted by Gasteiger charge is -2.44. The zero-order valence-electron chi connectivity index (χ0n) is 20.1. The van der Waals surface area contributed by atoms with Crippen LogP contribution in [0.15, 0.2) is 59.0 Å². The number of alkyl halides is 2. The second-order valence-electron chi connectivity index (χ2n) is 8.78. The molecule has 0 radical (unpaired) electrons. The quantitative estimate of drug-likeness (QED) is 0.484. The van der Waals surface area contributed by atoms with Crippen molar-refractivity contribution < 1.29 is 32.6 Å². The zero-order valence-corrected chi connectivity index (χ0v) is 20.9. The van der Waals surface area contributed by atoms with Gasteiger partial charge < -0.3 is 19.5 Å². The molecule has 2 aromatic heterocycles. The Balaban J connectivity index is 1.36. The van der Waals surface area contributed by atoms with E-state index in [1.807, 2.05) is 13.0 Å². The largest absolute Gasteiger partial charge is 0.465 e. The van der Waals surface area contributed by atoms with Crippen LogP contribution in [0, 0.1) is 5.92 Å². The minimum absolute atomic E-state index is 0.00188. The van der Waals surface area contributed by atoms with Gasteiger partial charge in [0.25, 0.3) is 17.8 Å². The van der Waals surface area contributed by atoms with Crippen molar-refractivity contribution in [1.82, 2.24) is 15.3 Å². The Morgan fingerprint density at radius 1 is 1.16 bits per heavy atom. The lowest BCUT2D eigenvalue weighted by Crippen LogP contribution is -2.52. The molecule has 4 heterocycles. The van der Waals surface area contributed by atoms with Gasteiger partial charge in [-0.3, -0.25) is 14.9 Å². The average Bonchev–Trinajstić information content (AvgIpc) is 3.38. The number of benzene rings is 1. The van der Waals surface area contributed by atoms with Gasteiger partial charge in [-0.05, 0) is 37.6 Å². The van der Waals surface area contributed by atoms with E-state index in [0.29, 0.717) is 23.6 Å². The Labute approximate surface area is 220 Å². The van der Waals surface area contributed by atoms with E-state index in [0.717, 1.165) is 6.20 Å². The summed E-state index contributed by atoms with van der Waals surface area (Å²) in [6, 6.07) is 11.3. The number of nitrogens with one attached hydrogen (secondary N) is 2. The minimum Gasteiger partial charge on any atom is -0.465 e. The fourth-order valence-corrected chi connectivity index (χ4v) is 5.24. The molecule has 3 atom stereocenters. The maximum Gasteiger partial charge on any atom is 0.387 e. The molecule has 1 saturated heterocycles. The molecular weight excluding hydrogens is 520 g/mol. The summed E-state index contributed by atoms with van der Waals surface area (Å²) >= 11 is 1.29. The molecule has 1 aromatic carbocycles. The third kappa shape index (κ3) is 5.48. The molecule has 10 nitrogen and oxygen atoms in total. The number of hydrogen-bond acceptors (Lipinski definition) is 9. The first-order valence-corrected chi connectivity index (χ1v) is 12.6. The molecule has 3 aromatic rings. The van der Waals surface area contributed by atoms with Gasteiger partial charge in [-0.1, -0.05) is 18.2 Å². The molecular formula is C25H23F2N5O5S. The van der Waals surface area contributed by atoms with Crippen molar-refractivity contribution in [3.8, 4) is 5.75 Å². The molecule has 198 valence electrons. The second kappa shape index (κ2) is 10.8. The highest BCUT2D eigenvalue weighted by Crippen LogP contribution is 2.45. The summed E-state index contributed by atoms with van der Waals surface area (Å²) < 4.78 is 40.7. The Kier molecular flexibility index (Phi) is 7.29. The molecule has 2 aliphatic rings. The Hall–Kier alpha value is -3.97. The van der Waals surface area contributed by atoms with Crippen LogP contribution >= 0.6 is 11.3 Å². The maximum absolute atomic E-state index is 12.7. The van der Waals surface area contributed by atoms with E-state index >= 15 is 0 Å². The molecule has 38 heavy (non-hydrogen) atoms. The van der Waals surface area contributed by atoms with E-state index in [1.54, 1.807) is 29.6 Å². The molecule has 13 heteroatoms. The zero-order chi connectivity index (χ0) is 26.7. The van der Waals surface area contributed by atoms with Crippen molar-refractivity contribution in [2.45, 2.75) is 31.6 Å². The summed E-state index contributed by atoms with van der Waals surface area (Å²) in [4.78, 5) is 38.6. The number of thiazole rings is 1. The average molecular weight is 544 g/mol. The number of carbonyl (C=O) groups excluding carboxylic acids is 2. The van der Waals surface area contributed by atoms with E-state index in [4.69, 9.17) is 14.5 Å². The van der Waals surface area contributed by atoms with Crippen LogP contribution < -0.4 is 15.4 Å². The monoisotopic (exact) mass is 543 g/mol. The second-order valence-corrected chi connectivity index (χ2v) is 9.63. The fraction of sp³-hybridized carbons (Fsp3) is 0.320. The van der Waals surface area contributed by atoms with Crippen molar-refractivity contribution in [2.24, 2.45) is 10.9 Å². The van der Waals surface area contributed by atoms with Crippen LogP contribution in [0.1, 0.15) is 39.2 Å². The van der Waals surface area contributed by atoms with Gasteiger partial charge in [-0.2, -0.15) is 8.78 Å². The van der Waals surface area contributed by atoms with E-state index < -0.39 is 18.1 Å². The van der Waals surface area contributed by atoms with Gasteiger partial charge in [0, 0.05) is 16.9 Å². The van der Waals surface area contributed by atoms with Gasteiger partial charge in [0.1, 0.15) is 27.8 Å². The number of fused-ring (bicyclic) bond motifs is 1. The highest BCUT2D eigenvalue weighted by Gasteiger charge is 2.50. The molecule has 2 N–H and O–H groups in total. The topological polar surface area (TPSA) is 124 Å².